The van der Waals surface area contributed by atoms with Crippen LogP contribution in [0.15, 0.2) is 54.7 Å². The van der Waals surface area contributed by atoms with Crippen molar-refractivity contribution < 1.29 is 14.2 Å². The molecule has 0 unspecified atom stereocenters. The van der Waals surface area contributed by atoms with E-state index in [9.17, 15) is 9.50 Å². The van der Waals surface area contributed by atoms with E-state index in [2.05, 4.69) is 4.98 Å². The summed E-state index contributed by atoms with van der Waals surface area (Å²) >= 11 is 0. The van der Waals surface area contributed by atoms with E-state index in [1.807, 2.05) is 30.3 Å². The van der Waals surface area contributed by atoms with E-state index in [4.69, 9.17) is 4.74 Å². The Bertz CT molecular complexity index is 787. The van der Waals surface area contributed by atoms with Crippen LogP contribution in [0.3, 0.4) is 0 Å². The van der Waals surface area contributed by atoms with Gasteiger partial charge < -0.3 is 9.84 Å². The van der Waals surface area contributed by atoms with Crippen molar-refractivity contribution >= 4 is 10.9 Å². The average Bonchev–Trinajstić information content (AvgIpc) is 2.47. The Morgan fingerprint density at radius 1 is 1.14 bits per heavy atom. The third-order valence-corrected chi connectivity index (χ3v) is 3.22. The van der Waals surface area contributed by atoms with Gasteiger partial charge in [-0.15, -0.1) is 0 Å². The molecular formula is C17H14FNO2. The molecule has 0 aliphatic rings. The number of hydrogen-bond donors (Lipinski definition) is 1. The lowest BCUT2D eigenvalue weighted by Gasteiger charge is -2.14. The van der Waals surface area contributed by atoms with Gasteiger partial charge in [-0.1, -0.05) is 24.3 Å². The first-order valence-electron chi connectivity index (χ1n) is 6.64. The van der Waals surface area contributed by atoms with Crippen molar-refractivity contribution in [2.75, 3.05) is 0 Å². The van der Waals surface area contributed by atoms with Gasteiger partial charge >= 0.3 is 0 Å². The first-order chi connectivity index (χ1) is 10.1. The van der Waals surface area contributed by atoms with Crippen LogP contribution in [0.5, 0.6) is 11.5 Å². The third-order valence-electron chi connectivity index (χ3n) is 3.22. The smallest absolute Gasteiger partial charge is 0.146 e. The number of aliphatic hydroxyl groups is 1. The summed E-state index contributed by atoms with van der Waals surface area (Å²) < 4.78 is 19.5. The average molecular weight is 283 g/mol. The highest BCUT2D eigenvalue weighted by Crippen LogP contribution is 2.32. The van der Waals surface area contributed by atoms with E-state index in [1.165, 1.54) is 13.0 Å². The number of nitrogens with zero attached hydrogens (tertiary/aromatic N) is 1. The lowest BCUT2D eigenvalue weighted by Crippen LogP contribution is -2.00. The standard InChI is InChI=1S/C17H14FNO2/c1-11(20)17-14(18)6-4-8-16(17)21-13-9-12-5-2-3-7-15(12)19-10-13/h2-11,20H,1H3/t11-/m0/s1. The maximum atomic E-state index is 13.8. The fourth-order valence-electron chi connectivity index (χ4n) is 2.25. The van der Waals surface area contributed by atoms with Crippen molar-refractivity contribution in [1.82, 2.24) is 4.98 Å². The summed E-state index contributed by atoms with van der Waals surface area (Å²) in [6, 6.07) is 14.0. The SMILES string of the molecule is C[C@H](O)c1c(F)cccc1Oc1cnc2ccccc2c1. The molecule has 0 aliphatic heterocycles. The molecule has 1 heterocycles. The van der Waals surface area contributed by atoms with Crippen molar-refractivity contribution in [1.29, 1.82) is 0 Å². The van der Waals surface area contributed by atoms with E-state index < -0.39 is 11.9 Å². The maximum Gasteiger partial charge on any atom is 0.146 e. The molecule has 0 aliphatic carbocycles. The number of fused-ring (bicyclic) bond motifs is 1. The van der Waals surface area contributed by atoms with Crippen molar-refractivity contribution in [3.8, 4) is 11.5 Å². The minimum Gasteiger partial charge on any atom is -0.455 e. The van der Waals surface area contributed by atoms with Crippen LogP contribution in [-0.4, -0.2) is 10.1 Å². The Hall–Kier alpha value is -2.46. The third kappa shape index (κ3) is 2.71. The predicted octanol–water partition coefficient (Wildman–Crippen LogP) is 4.22. The molecule has 1 aromatic heterocycles. The summed E-state index contributed by atoms with van der Waals surface area (Å²) in [5, 5.41) is 10.6. The van der Waals surface area contributed by atoms with E-state index >= 15 is 0 Å². The second-order valence-corrected chi connectivity index (χ2v) is 4.79. The zero-order valence-corrected chi connectivity index (χ0v) is 11.5. The van der Waals surface area contributed by atoms with Gasteiger partial charge in [0.2, 0.25) is 0 Å². The molecular weight excluding hydrogens is 269 g/mol. The lowest BCUT2D eigenvalue weighted by molar-refractivity contribution is 0.190. The summed E-state index contributed by atoms with van der Waals surface area (Å²) in [5.74, 6) is 0.305. The highest BCUT2D eigenvalue weighted by Gasteiger charge is 2.15. The van der Waals surface area contributed by atoms with E-state index in [-0.39, 0.29) is 5.56 Å². The summed E-state index contributed by atoms with van der Waals surface area (Å²) in [7, 11) is 0. The summed E-state index contributed by atoms with van der Waals surface area (Å²) in [4.78, 5) is 4.29. The van der Waals surface area contributed by atoms with Crippen LogP contribution < -0.4 is 4.74 Å². The number of benzene rings is 2. The van der Waals surface area contributed by atoms with Gasteiger partial charge in [-0.3, -0.25) is 4.98 Å². The number of rotatable bonds is 3. The quantitative estimate of drug-likeness (QED) is 0.782. The summed E-state index contributed by atoms with van der Waals surface area (Å²) in [6.07, 6.45) is 0.633. The van der Waals surface area contributed by atoms with Gasteiger partial charge in [0.15, 0.2) is 0 Å². The van der Waals surface area contributed by atoms with Gasteiger partial charge in [-0.2, -0.15) is 0 Å². The monoisotopic (exact) mass is 283 g/mol. The number of halogens is 1. The highest BCUT2D eigenvalue weighted by molar-refractivity contribution is 5.79. The Kier molecular flexibility index (Phi) is 3.54. The number of para-hydroxylation sites is 1. The van der Waals surface area contributed by atoms with E-state index in [0.29, 0.717) is 11.5 Å². The maximum absolute atomic E-state index is 13.8. The molecule has 0 bridgehead atoms. The zero-order chi connectivity index (χ0) is 14.8. The number of aliphatic hydroxyl groups excluding tert-OH is 1. The minimum absolute atomic E-state index is 0.144. The molecule has 0 amide bonds. The molecule has 3 rings (SSSR count). The first-order valence-corrected chi connectivity index (χ1v) is 6.64. The van der Waals surface area contributed by atoms with Crippen molar-refractivity contribution in [3.63, 3.8) is 0 Å². The number of aromatic nitrogens is 1. The number of hydrogen-bond acceptors (Lipinski definition) is 3. The fraction of sp³-hybridized carbons (Fsp3) is 0.118. The summed E-state index contributed by atoms with van der Waals surface area (Å²) in [6.45, 7) is 1.50. The van der Waals surface area contributed by atoms with Gasteiger partial charge in [-0.05, 0) is 31.2 Å². The Morgan fingerprint density at radius 3 is 2.76 bits per heavy atom. The van der Waals surface area contributed by atoms with Gasteiger partial charge in [0.1, 0.15) is 17.3 Å². The van der Waals surface area contributed by atoms with Crippen LogP contribution in [-0.2, 0) is 0 Å². The van der Waals surface area contributed by atoms with Gasteiger partial charge in [0, 0.05) is 5.39 Å². The van der Waals surface area contributed by atoms with Crippen LogP contribution in [0.4, 0.5) is 4.39 Å². The topological polar surface area (TPSA) is 42.4 Å². The first kappa shape index (κ1) is 13.5. The Morgan fingerprint density at radius 2 is 1.95 bits per heavy atom. The molecule has 0 spiro atoms. The number of pyridine rings is 1. The lowest BCUT2D eigenvalue weighted by atomic mass is 10.1. The normalized spacial score (nSPS) is 12.3. The van der Waals surface area contributed by atoms with Crippen LogP contribution in [0, 0.1) is 5.82 Å². The van der Waals surface area contributed by atoms with Crippen molar-refractivity contribution in [3.05, 3.63) is 66.1 Å². The molecule has 0 radical (unpaired) electrons. The summed E-state index contributed by atoms with van der Waals surface area (Å²) in [5.41, 5.74) is 1.01. The highest BCUT2D eigenvalue weighted by atomic mass is 19.1. The molecule has 4 heteroatoms. The minimum atomic E-state index is -0.949. The fourth-order valence-corrected chi connectivity index (χ4v) is 2.25. The molecule has 21 heavy (non-hydrogen) atoms. The van der Waals surface area contributed by atoms with Crippen LogP contribution in [0.2, 0.25) is 0 Å². The number of ether oxygens (including phenoxy) is 1. The van der Waals surface area contributed by atoms with E-state index in [0.717, 1.165) is 10.9 Å². The predicted molar refractivity (Wildman–Crippen MR) is 78.9 cm³/mol. The Balaban J connectivity index is 2.00. The molecule has 0 saturated heterocycles. The van der Waals surface area contributed by atoms with Gasteiger partial charge in [0.05, 0.1) is 23.4 Å². The molecule has 3 nitrogen and oxygen atoms in total. The molecule has 0 fully saturated rings. The van der Waals surface area contributed by atoms with Crippen molar-refractivity contribution in [2.24, 2.45) is 0 Å². The van der Waals surface area contributed by atoms with Crippen molar-refractivity contribution in [2.45, 2.75) is 13.0 Å². The van der Waals surface area contributed by atoms with E-state index in [1.54, 1.807) is 18.3 Å². The van der Waals surface area contributed by atoms with Gasteiger partial charge in [-0.25, -0.2) is 4.39 Å². The second-order valence-electron chi connectivity index (χ2n) is 4.79. The van der Waals surface area contributed by atoms with Gasteiger partial charge in [0.25, 0.3) is 0 Å². The largest absolute Gasteiger partial charge is 0.455 e. The van der Waals surface area contributed by atoms with Crippen LogP contribution in [0.25, 0.3) is 10.9 Å². The Labute approximate surface area is 121 Å². The molecule has 1 atom stereocenters. The molecule has 106 valence electrons. The second kappa shape index (κ2) is 5.50. The molecule has 3 aromatic rings. The van der Waals surface area contributed by atoms with Crippen LogP contribution >= 0.6 is 0 Å². The van der Waals surface area contributed by atoms with Crippen LogP contribution in [0.1, 0.15) is 18.6 Å². The molecule has 0 saturated carbocycles. The molecule has 1 N–H and O–H groups in total. The molecule has 2 aromatic carbocycles. The zero-order valence-electron chi connectivity index (χ0n) is 11.5.